The summed E-state index contributed by atoms with van der Waals surface area (Å²) in [7, 11) is 0. The molecule has 5 nitrogen and oxygen atoms in total. The highest BCUT2D eigenvalue weighted by Gasteiger charge is 2.29. The molecule has 2 amide bonds. The minimum atomic E-state index is -0.643. The summed E-state index contributed by atoms with van der Waals surface area (Å²) in [4.78, 5) is 27.9. The predicted octanol–water partition coefficient (Wildman–Crippen LogP) is 5.49. The minimum Gasteiger partial charge on any atom is -0.483 e. The Bertz CT molecular complexity index is 964. The Hall–Kier alpha value is -2.53. The molecule has 3 rings (SSSR count). The highest BCUT2D eigenvalue weighted by Crippen LogP contribution is 2.31. The second kappa shape index (κ2) is 11.1. The molecule has 1 fully saturated rings. The molecule has 178 valence electrons. The molecule has 2 aromatic rings. The van der Waals surface area contributed by atoms with Gasteiger partial charge in [-0.25, -0.2) is 0 Å². The maximum Gasteiger partial charge on any atom is 0.261 e. The van der Waals surface area contributed by atoms with E-state index < -0.39 is 6.04 Å². The van der Waals surface area contributed by atoms with E-state index in [4.69, 9.17) is 16.3 Å². The van der Waals surface area contributed by atoms with Crippen molar-refractivity contribution in [1.82, 2.24) is 10.2 Å². The Balaban J connectivity index is 1.77. The first kappa shape index (κ1) is 25.1. The van der Waals surface area contributed by atoms with Gasteiger partial charge in [-0.15, -0.1) is 0 Å². The molecule has 0 bridgehead atoms. The van der Waals surface area contributed by atoms with E-state index in [1.54, 1.807) is 17.9 Å². The van der Waals surface area contributed by atoms with Gasteiger partial charge < -0.3 is 15.0 Å². The molecule has 6 heteroatoms. The molecule has 1 saturated carbocycles. The van der Waals surface area contributed by atoms with Gasteiger partial charge >= 0.3 is 0 Å². The van der Waals surface area contributed by atoms with E-state index >= 15 is 0 Å². The van der Waals surface area contributed by atoms with E-state index in [1.165, 1.54) is 0 Å². The molecule has 0 heterocycles. The maximum atomic E-state index is 13.4. The summed E-state index contributed by atoms with van der Waals surface area (Å²) in [6.07, 6.45) is 4.23. The normalized spacial score (nSPS) is 15.2. The number of para-hydroxylation sites is 1. The maximum absolute atomic E-state index is 13.4. The number of halogens is 1. The fraction of sp³-hybridized carbons (Fsp3) is 0.481. The topological polar surface area (TPSA) is 58.6 Å². The van der Waals surface area contributed by atoms with E-state index in [-0.39, 0.29) is 36.4 Å². The van der Waals surface area contributed by atoms with E-state index in [0.29, 0.717) is 10.8 Å². The minimum absolute atomic E-state index is 0.120. The van der Waals surface area contributed by atoms with Gasteiger partial charge in [-0.05, 0) is 48.4 Å². The highest BCUT2D eigenvalue weighted by atomic mass is 35.5. The Morgan fingerprint density at radius 2 is 1.73 bits per heavy atom. The third-order valence-electron chi connectivity index (χ3n) is 6.21. The lowest BCUT2D eigenvalue weighted by atomic mass is 9.86. The number of hydrogen-bond donors (Lipinski definition) is 1. The van der Waals surface area contributed by atoms with Crippen LogP contribution in [0.2, 0.25) is 5.02 Å². The van der Waals surface area contributed by atoms with Crippen molar-refractivity contribution in [1.29, 1.82) is 0 Å². The first-order chi connectivity index (χ1) is 15.7. The average Bonchev–Trinajstić information content (AvgIpc) is 3.29. The number of carbonyl (C=O) groups is 2. The molecular weight excluding hydrogens is 436 g/mol. The van der Waals surface area contributed by atoms with Crippen molar-refractivity contribution in [2.45, 2.75) is 77.4 Å². The number of benzene rings is 2. The van der Waals surface area contributed by atoms with Crippen LogP contribution >= 0.6 is 11.6 Å². The molecule has 1 aliphatic carbocycles. The fourth-order valence-electron chi connectivity index (χ4n) is 4.22. The van der Waals surface area contributed by atoms with Crippen molar-refractivity contribution >= 4 is 23.4 Å². The molecule has 1 N–H and O–H groups in total. The molecular formula is C27H35ClN2O3. The van der Waals surface area contributed by atoms with Crippen molar-refractivity contribution in [3.8, 4) is 5.75 Å². The number of hydrogen-bond acceptors (Lipinski definition) is 3. The van der Waals surface area contributed by atoms with Crippen molar-refractivity contribution in [2.24, 2.45) is 0 Å². The summed E-state index contributed by atoms with van der Waals surface area (Å²) in [5.41, 5.74) is 1.70. The number of nitrogens with one attached hydrogen (secondary N) is 1. The summed E-state index contributed by atoms with van der Waals surface area (Å²) in [5, 5.41) is 3.68. The number of carbonyl (C=O) groups excluding carboxylic acids is 2. The second-order valence-corrected chi connectivity index (χ2v) is 10.2. The van der Waals surface area contributed by atoms with Crippen molar-refractivity contribution in [2.75, 3.05) is 6.61 Å². The number of nitrogens with zero attached hydrogens (tertiary/aromatic N) is 1. The van der Waals surface area contributed by atoms with Gasteiger partial charge in [0, 0.05) is 17.6 Å². The van der Waals surface area contributed by atoms with E-state index in [2.05, 4.69) is 26.1 Å². The van der Waals surface area contributed by atoms with Crippen molar-refractivity contribution < 1.29 is 14.3 Å². The Morgan fingerprint density at radius 3 is 2.39 bits per heavy atom. The van der Waals surface area contributed by atoms with Crippen LogP contribution in [0, 0.1) is 0 Å². The van der Waals surface area contributed by atoms with Crippen LogP contribution in [0.25, 0.3) is 0 Å². The molecule has 0 unspecified atom stereocenters. The molecule has 0 aromatic heterocycles. The Morgan fingerprint density at radius 1 is 1.09 bits per heavy atom. The first-order valence-electron chi connectivity index (χ1n) is 11.7. The Kier molecular flexibility index (Phi) is 8.41. The average molecular weight is 471 g/mol. The standard InChI is InChI=1S/C27H35ClN2O3/c1-19(26(32)29-21-12-6-7-13-21)30(17-20-11-5-9-15-23(20)28)25(31)18-33-24-16-10-8-14-22(24)27(2,3)4/h5,8-11,14-16,19,21H,6-7,12-13,17-18H2,1-4H3,(H,29,32)/t19-/m1/s1. The zero-order valence-electron chi connectivity index (χ0n) is 20.1. The number of rotatable bonds is 8. The van der Waals surface area contributed by atoms with Crippen molar-refractivity contribution in [3.05, 3.63) is 64.7 Å². The van der Waals surface area contributed by atoms with Gasteiger partial charge in [-0.3, -0.25) is 9.59 Å². The van der Waals surface area contributed by atoms with Crippen LogP contribution in [-0.4, -0.2) is 35.4 Å². The summed E-state index contributed by atoms with van der Waals surface area (Å²) >= 11 is 6.37. The summed E-state index contributed by atoms with van der Waals surface area (Å²) in [6, 6.07) is 14.7. The summed E-state index contributed by atoms with van der Waals surface area (Å²) < 4.78 is 5.98. The molecule has 0 saturated heterocycles. The van der Waals surface area contributed by atoms with Crippen LogP contribution in [0.1, 0.15) is 64.5 Å². The molecule has 33 heavy (non-hydrogen) atoms. The van der Waals surface area contributed by atoms with E-state index in [0.717, 1.165) is 36.8 Å². The second-order valence-electron chi connectivity index (χ2n) is 9.81. The van der Waals surface area contributed by atoms with Crippen LogP contribution < -0.4 is 10.1 Å². The number of ether oxygens (including phenoxy) is 1. The zero-order chi connectivity index (χ0) is 24.0. The van der Waals surface area contributed by atoms with Crippen LogP contribution in [-0.2, 0) is 21.5 Å². The molecule has 0 aliphatic heterocycles. The van der Waals surface area contributed by atoms with Crippen LogP contribution in [0.5, 0.6) is 5.75 Å². The number of amides is 2. The van der Waals surface area contributed by atoms with Gasteiger partial charge in [-0.2, -0.15) is 0 Å². The quantitative estimate of drug-likeness (QED) is 0.554. The van der Waals surface area contributed by atoms with Crippen molar-refractivity contribution in [3.63, 3.8) is 0 Å². The van der Waals surface area contributed by atoms with Gasteiger partial charge in [0.25, 0.3) is 5.91 Å². The van der Waals surface area contributed by atoms with E-state index in [9.17, 15) is 9.59 Å². The first-order valence-corrected chi connectivity index (χ1v) is 12.1. The lowest BCUT2D eigenvalue weighted by Crippen LogP contribution is -2.50. The van der Waals surface area contributed by atoms with Gasteiger partial charge in [0.1, 0.15) is 11.8 Å². The molecule has 1 atom stereocenters. The van der Waals surface area contributed by atoms with Gasteiger partial charge in [-0.1, -0.05) is 81.6 Å². The third-order valence-corrected chi connectivity index (χ3v) is 6.58. The molecule has 0 spiro atoms. The summed E-state index contributed by atoms with van der Waals surface area (Å²) in [5.74, 6) is 0.282. The Labute approximate surface area is 202 Å². The van der Waals surface area contributed by atoms with Gasteiger partial charge in [0.2, 0.25) is 5.91 Å². The zero-order valence-corrected chi connectivity index (χ0v) is 20.8. The monoisotopic (exact) mass is 470 g/mol. The molecule has 2 aromatic carbocycles. The lowest BCUT2D eigenvalue weighted by Gasteiger charge is -2.30. The molecule has 1 aliphatic rings. The van der Waals surface area contributed by atoms with Crippen LogP contribution in [0.4, 0.5) is 0 Å². The summed E-state index contributed by atoms with van der Waals surface area (Å²) in [6.45, 7) is 8.17. The van der Waals surface area contributed by atoms with Crippen LogP contribution in [0.3, 0.4) is 0 Å². The highest BCUT2D eigenvalue weighted by molar-refractivity contribution is 6.31. The van der Waals surface area contributed by atoms with Gasteiger partial charge in [0.15, 0.2) is 6.61 Å². The smallest absolute Gasteiger partial charge is 0.261 e. The fourth-order valence-corrected chi connectivity index (χ4v) is 4.41. The largest absolute Gasteiger partial charge is 0.483 e. The molecule has 0 radical (unpaired) electrons. The van der Waals surface area contributed by atoms with Gasteiger partial charge in [0.05, 0.1) is 0 Å². The third kappa shape index (κ3) is 6.73. The lowest BCUT2D eigenvalue weighted by molar-refractivity contribution is -0.142. The van der Waals surface area contributed by atoms with E-state index in [1.807, 2.05) is 42.5 Å². The SMILES string of the molecule is C[C@H](C(=O)NC1CCCC1)N(Cc1ccccc1Cl)C(=O)COc1ccccc1C(C)(C)C. The predicted molar refractivity (Wildman–Crippen MR) is 132 cm³/mol. The van der Waals surface area contributed by atoms with Crippen LogP contribution in [0.15, 0.2) is 48.5 Å².